The maximum atomic E-state index is 12.3. The number of unbranched alkanes of at least 4 members (excludes halogenated alkanes) is 30. The van der Waals surface area contributed by atoms with Crippen LogP contribution in [0.15, 0.2) is 12.2 Å². The van der Waals surface area contributed by atoms with Gasteiger partial charge in [0.25, 0.3) is 0 Å². The van der Waals surface area contributed by atoms with E-state index in [2.05, 4.69) is 31.3 Å². The normalized spacial score (nSPS) is 13.7. The lowest BCUT2D eigenvalue weighted by atomic mass is 10.0. The molecule has 0 aliphatic rings. The highest BCUT2D eigenvalue weighted by atomic mass is 31.2. The quantitative estimate of drug-likeness (QED) is 0.0200. The highest BCUT2D eigenvalue weighted by Crippen LogP contribution is 2.43. The summed E-state index contributed by atoms with van der Waals surface area (Å²) in [7, 11) is -4.75. The number of phosphoric ester groups is 1. The summed E-state index contributed by atoms with van der Waals surface area (Å²) in [5.74, 6) is -2.36. The summed E-state index contributed by atoms with van der Waals surface area (Å²) in [6.07, 6.45) is 43.7. The zero-order valence-electron chi connectivity index (χ0n) is 37.8. The van der Waals surface area contributed by atoms with Crippen molar-refractivity contribution in [1.82, 2.24) is 5.32 Å². The van der Waals surface area contributed by atoms with E-state index in [1.54, 1.807) is 0 Å². The predicted octanol–water partition coefficient (Wildman–Crippen LogP) is 12.8. The van der Waals surface area contributed by atoms with Gasteiger partial charge >= 0.3 is 19.8 Å². The number of hydrogen-bond acceptors (Lipinski definition) is 8. The molecule has 0 aliphatic heterocycles. The molecule has 59 heavy (non-hydrogen) atoms. The van der Waals surface area contributed by atoms with E-state index in [4.69, 9.17) is 13.8 Å². The monoisotopic (exact) mass is 860 g/mol. The van der Waals surface area contributed by atoms with Gasteiger partial charge in [-0.3, -0.25) is 18.6 Å². The SMILES string of the molecule is CCCCCCCC/C=C/CCCCCCCCCCCCCC(=O)NC(COP(=O)(O)OCC(O)COC(=O)CCCCCCCCCCCCCCCC)C(=O)O. The Hall–Kier alpha value is -1.78. The highest BCUT2D eigenvalue weighted by molar-refractivity contribution is 7.47. The topological polar surface area (TPSA) is 169 Å². The number of aliphatic carboxylic acids is 1. The van der Waals surface area contributed by atoms with Gasteiger partial charge in [0.05, 0.1) is 13.2 Å². The maximum Gasteiger partial charge on any atom is 0.472 e. The lowest BCUT2D eigenvalue weighted by Crippen LogP contribution is -2.43. The Morgan fingerprint density at radius 1 is 0.525 bits per heavy atom. The van der Waals surface area contributed by atoms with Crippen LogP contribution in [0.2, 0.25) is 0 Å². The molecule has 348 valence electrons. The molecule has 3 unspecified atom stereocenters. The lowest BCUT2D eigenvalue weighted by molar-refractivity contribution is -0.147. The molecule has 4 N–H and O–H groups in total. The molecule has 0 aromatic rings. The first-order chi connectivity index (χ1) is 28.6. The number of aliphatic hydroxyl groups is 1. The van der Waals surface area contributed by atoms with Gasteiger partial charge in [0, 0.05) is 12.8 Å². The molecule has 1 amide bonds. The van der Waals surface area contributed by atoms with Gasteiger partial charge in [0.15, 0.2) is 6.04 Å². The van der Waals surface area contributed by atoms with E-state index in [1.165, 1.54) is 161 Å². The molecular formula is C47H90NO10P. The van der Waals surface area contributed by atoms with E-state index < -0.39 is 57.6 Å². The molecule has 0 saturated heterocycles. The van der Waals surface area contributed by atoms with Gasteiger partial charge in [-0.1, -0.05) is 199 Å². The van der Waals surface area contributed by atoms with Gasteiger partial charge in [-0.2, -0.15) is 0 Å². The van der Waals surface area contributed by atoms with Crippen LogP contribution in [0.5, 0.6) is 0 Å². The summed E-state index contributed by atoms with van der Waals surface area (Å²) in [4.78, 5) is 46.0. The van der Waals surface area contributed by atoms with Crippen LogP contribution in [0, 0.1) is 0 Å². The minimum Gasteiger partial charge on any atom is -0.480 e. The van der Waals surface area contributed by atoms with E-state index >= 15 is 0 Å². The zero-order chi connectivity index (χ0) is 43.5. The second kappa shape index (κ2) is 42.9. The average Bonchev–Trinajstić information content (AvgIpc) is 3.21. The molecule has 12 heteroatoms. The molecule has 0 aromatic carbocycles. The van der Waals surface area contributed by atoms with Crippen LogP contribution in [0.1, 0.15) is 239 Å². The van der Waals surface area contributed by atoms with Crippen LogP contribution in [-0.2, 0) is 32.7 Å². The molecule has 11 nitrogen and oxygen atoms in total. The number of nitrogens with one attached hydrogen (secondary N) is 1. The Labute approximate surface area is 360 Å². The molecule has 0 heterocycles. The minimum absolute atomic E-state index is 0.148. The fourth-order valence-corrected chi connectivity index (χ4v) is 7.79. The summed E-state index contributed by atoms with van der Waals surface area (Å²) in [5, 5.41) is 21.9. The number of allylic oxidation sites excluding steroid dienone is 2. The van der Waals surface area contributed by atoms with Crippen LogP contribution in [-0.4, -0.2) is 64.9 Å². The Bertz CT molecular complexity index is 1060. The summed E-state index contributed by atoms with van der Waals surface area (Å²) in [6.45, 7) is 2.62. The van der Waals surface area contributed by atoms with Crippen molar-refractivity contribution in [2.24, 2.45) is 0 Å². The third kappa shape index (κ3) is 42.7. The maximum absolute atomic E-state index is 12.3. The molecule has 0 aliphatic carbocycles. The Morgan fingerprint density at radius 2 is 0.881 bits per heavy atom. The largest absolute Gasteiger partial charge is 0.480 e. The number of phosphoric acid groups is 1. The Balaban J connectivity index is 3.83. The van der Waals surface area contributed by atoms with Crippen molar-refractivity contribution in [3.05, 3.63) is 12.2 Å². The van der Waals surface area contributed by atoms with Crippen LogP contribution >= 0.6 is 7.82 Å². The van der Waals surface area contributed by atoms with Crippen LogP contribution in [0.4, 0.5) is 0 Å². The van der Waals surface area contributed by atoms with Gasteiger partial charge in [-0.15, -0.1) is 0 Å². The molecular weight excluding hydrogens is 769 g/mol. The van der Waals surface area contributed by atoms with Gasteiger partial charge in [-0.25, -0.2) is 9.36 Å². The van der Waals surface area contributed by atoms with Crippen molar-refractivity contribution < 1.29 is 47.8 Å². The van der Waals surface area contributed by atoms with E-state index in [9.17, 15) is 34.1 Å². The van der Waals surface area contributed by atoms with Gasteiger partial charge in [0.1, 0.15) is 12.7 Å². The lowest BCUT2D eigenvalue weighted by Gasteiger charge is -2.18. The van der Waals surface area contributed by atoms with Crippen molar-refractivity contribution in [1.29, 1.82) is 0 Å². The summed E-state index contributed by atoms with van der Waals surface area (Å²) in [6, 6.07) is -1.54. The number of rotatable bonds is 46. The highest BCUT2D eigenvalue weighted by Gasteiger charge is 2.28. The third-order valence-corrected chi connectivity index (χ3v) is 11.8. The first kappa shape index (κ1) is 57.2. The average molecular weight is 860 g/mol. The fourth-order valence-electron chi connectivity index (χ4n) is 7.02. The van der Waals surface area contributed by atoms with E-state index in [1.807, 2.05) is 0 Å². The van der Waals surface area contributed by atoms with Crippen molar-refractivity contribution in [2.45, 2.75) is 251 Å². The molecule has 0 radical (unpaired) electrons. The van der Waals surface area contributed by atoms with Crippen LogP contribution < -0.4 is 5.32 Å². The standard InChI is InChI=1S/C47H90NO10P/c1-3-5-7-9-11-13-15-17-19-20-21-22-23-24-25-26-28-30-32-34-36-38-45(50)48-44(47(52)53)42-58-59(54,55)57-41-43(49)40-56-46(51)39-37-35-33-31-29-27-18-16-14-12-10-8-6-4-2/h17,19,43-44,49H,3-16,18,20-42H2,1-2H3,(H,48,50)(H,52,53)(H,54,55)/b19-17+. The van der Waals surface area contributed by atoms with Gasteiger partial charge in [0.2, 0.25) is 5.91 Å². The number of hydrogen-bond donors (Lipinski definition) is 4. The number of esters is 1. The number of carboxylic acid groups (broad SMARTS) is 1. The molecule has 0 bridgehead atoms. The smallest absolute Gasteiger partial charge is 0.472 e. The minimum atomic E-state index is -4.75. The second-order valence-corrected chi connectivity index (χ2v) is 18.1. The number of carbonyl (C=O) groups excluding carboxylic acids is 2. The molecule has 0 rings (SSSR count). The third-order valence-electron chi connectivity index (χ3n) is 10.8. The second-order valence-electron chi connectivity index (χ2n) is 16.7. The van der Waals surface area contributed by atoms with Crippen molar-refractivity contribution in [3.63, 3.8) is 0 Å². The number of amides is 1. The van der Waals surface area contributed by atoms with Crippen LogP contribution in [0.25, 0.3) is 0 Å². The van der Waals surface area contributed by atoms with Crippen molar-refractivity contribution >= 4 is 25.7 Å². The number of ether oxygens (including phenoxy) is 1. The summed E-state index contributed by atoms with van der Waals surface area (Å²) in [5.41, 5.74) is 0. The molecule has 0 spiro atoms. The number of aliphatic hydroxyl groups excluding tert-OH is 1. The van der Waals surface area contributed by atoms with E-state index in [0.717, 1.165) is 38.5 Å². The van der Waals surface area contributed by atoms with E-state index in [-0.39, 0.29) is 12.8 Å². The van der Waals surface area contributed by atoms with Crippen molar-refractivity contribution in [2.75, 3.05) is 19.8 Å². The number of carbonyl (C=O) groups is 3. The molecule has 0 saturated carbocycles. The first-order valence-electron chi connectivity index (χ1n) is 24.2. The van der Waals surface area contributed by atoms with Crippen LogP contribution in [0.3, 0.4) is 0 Å². The molecule has 3 atom stereocenters. The molecule has 0 fully saturated rings. The summed E-state index contributed by atoms with van der Waals surface area (Å²) < 4.78 is 26.9. The van der Waals surface area contributed by atoms with E-state index in [0.29, 0.717) is 12.8 Å². The van der Waals surface area contributed by atoms with Gasteiger partial charge in [-0.05, 0) is 38.5 Å². The molecule has 0 aromatic heterocycles. The predicted molar refractivity (Wildman–Crippen MR) is 240 cm³/mol. The van der Waals surface area contributed by atoms with Gasteiger partial charge < -0.3 is 25.2 Å². The first-order valence-corrected chi connectivity index (χ1v) is 25.7. The van der Waals surface area contributed by atoms with Crippen molar-refractivity contribution in [3.8, 4) is 0 Å². The summed E-state index contributed by atoms with van der Waals surface area (Å²) >= 11 is 0. The Morgan fingerprint density at radius 3 is 1.29 bits per heavy atom. The Kier molecular flexibility index (Phi) is 41.6. The number of carboxylic acids is 1. The fraction of sp³-hybridized carbons (Fsp3) is 0.894. The zero-order valence-corrected chi connectivity index (χ0v) is 38.7.